The van der Waals surface area contributed by atoms with Crippen LogP contribution >= 0.6 is 0 Å². The highest BCUT2D eigenvalue weighted by atomic mass is 16.3. The summed E-state index contributed by atoms with van der Waals surface area (Å²) in [4.78, 5) is 0. The molecule has 0 heterocycles. The largest absolute Gasteiger partial charge is 0.381 e. The van der Waals surface area contributed by atoms with Crippen LogP contribution in [-0.2, 0) is 5.11 Å². The molecule has 0 fully saturated rings. The molecule has 0 aromatic rings. The molecule has 0 aromatic heterocycles. The number of rotatable bonds is 2. The zero-order valence-corrected chi connectivity index (χ0v) is 5.87. The van der Waals surface area contributed by atoms with Gasteiger partial charge >= 0.3 is 0 Å². The van der Waals surface area contributed by atoms with E-state index in [2.05, 4.69) is 11.8 Å². The van der Waals surface area contributed by atoms with Gasteiger partial charge in [-0.3, -0.25) is 0 Å². The summed E-state index contributed by atoms with van der Waals surface area (Å²) in [6.07, 6.45) is -1.49. The zero-order valence-electron chi connectivity index (χ0n) is 5.87. The van der Waals surface area contributed by atoms with Crippen molar-refractivity contribution < 1.29 is 15.3 Å². The van der Waals surface area contributed by atoms with Gasteiger partial charge in [-0.05, 0) is 6.92 Å². The highest BCUT2D eigenvalue weighted by molar-refractivity contribution is 5.07. The topological polar surface area (TPSA) is 60.4 Å². The van der Waals surface area contributed by atoms with Gasteiger partial charge in [0.25, 0.3) is 0 Å². The van der Waals surface area contributed by atoms with Crippen LogP contribution < -0.4 is 0 Å². The predicted octanol–water partition coefficient (Wildman–Crippen LogP) is -0.448. The lowest BCUT2D eigenvalue weighted by atomic mass is 10.2. The van der Waals surface area contributed by atoms with Crippen molar-refractivity contribution in [1.82, 2.24) is 0 Å². The van der Waals surface area contributed by atoms with Gasteiger partial charge in [0, 0.05) is 6.42 Å². The van der Waals surface area contributed by atoms with E-state index in [9.17, 15) is 5.11 Å². The average Bonchev–Trinajstić information content (AvgIpc) is 1.85. The monoisotopic (exact) mass is 143 g/mol. The normalized spacial score (nSPS) is 15.2. The number of aliphatic hydroxyl groups is 2. The molecule has 2 N–H and O–H groups in total. The summed E-state index contributed by atoms with van der Waals surface area (Å²) in [5.41, 5.74) is 0. The van der Waals surface area contributed by atoms with E-state index in [1.165, 1.54) is 6.92 Å². The minimum Gasteiger partial charge on any atom is -0.381 e. The van der Waals surface area contributed by atoms with E-state index in [1.807, 2.05) is 0 Å². The zero-order chi connectivity index (χ0) is 7.98. The highest BCUT2D eigenvalue weighted by Crippen LogP contribution is 1.87. The maximum atomic E-state index is 9.89. The molecular weight excluding hydrogens is 132 g/mol. The molecule has 0 saturated heterocycles. The van der Waals surface area contributed by atoms with Crippen LogP contribution in [0.15, 0.2) is 0 Å². The van der Waals surface area contributed by atoms with Crippen LogP contribution in [0.3, 0.4) is 0 Å². The molecule has 0 rings (SSSR count). The van der Waals surface area contributed by atoms with Crippen molar-refractivity contribution in [2.24, 2.45) is 0 Å². The van der Waals surface area contributed by atoms with Gasteiger partial charge in [-0.15, -0.1) is 0 Å². The first-order valence-corrected chi connectivity index (χ1v) is 3.12. The fraction of sp³-hybridized carbons (Fsp3) is 0.714. The Hall–Kier alpha value is -0.560. The second kappa shape index (κ2) is 5.24. The predicted molar refractivity (Wildman–Crippen MR) is 35.6 cm³/mol. The molecule has 0 aromatic carbocycles. The third-order valence-corrected chi connectivity index (χ3v) is 0.850. The smallest absolute Gasteiger partial charge is 0.117 e. The van der Waals surface area contributed by atoms with Crippen molar-refractivity contribution >= 4 is 0 Å². The second-order valence-electron chi connectivity index (χ2n) is 1.97. The van der Waals surface area contributed by atoms with Crippen LogP contribution in [0.1, 0.15) is 13.3 Å². The van der Waals surface area contributed by atoms with Crippen molar-refractivity contribution in [2.45, 2.75) is 25.6 Å². The van der Waals surface area contributed by atoms with Crippen molar-refractivity contribution in [3.63, 3.8) is 0 Å². The quantitative estimate of drug-likeness (QED) is 0.514. The van der Waals surface area contributed by atoms with Crippen molar-refractivity contribution in [3.8, 4) is 11.8 Å². The van der Waals surface area contributed by atoms with Gasteiger partial charge in [-0.1, -0.05) is 11.8 Å². The minimum absolute atomic E-state index is 0.125. The van der Waals surface area contributed by atoms with Crippen molar-refractivity contribution in [2.75, 3.05) is 6.61 Å². The Bertz CT molecular complexity index is 132. The Kier molecular flexibility index (Phi) is 4.95. The maximum absolute atomic E-state index is 9.89. The molecule has 57 valence electrons. The molecule has 10 heavy (non-hydrogen) atoms. The molecule has 0 aliphatic heterocycles. The SMILES string of the molecule is CC(O)C#CC(O)CC[O]. The van der Waals surface area contributed by atoms with Crippen LogP contribution in [0.4, 0.5) is 0 Å². The summed E-state index contributed by atoms with van der Waals surface area (Å²) < 4.78 is 0. The van der Waals surface area contributed by atoms with Crippen LogP contribution in [0.5, 0.6) is 0 Å². The molecule has 0 aliphatic carbocycles. The molecule has 2 atom stereocenters. The van der Waals surface area contributed by atoms with E-state index < -0.39 is 12.2 Å². The van der Waals surface area contributed by atoms with Gasteiger partial charge in [0.15, 0.2) is 0 Å². The molecule has 2 unspecified atom stereocenters. The van der Waals surface area contributed by atoms with E-state index in [0.29, 0.717) is 0 Å². The Balaban J connectivity index is 3.57. The van der Waals surface area contributed by atoms with Crippen LogP contribution in [-0.4, -0.2) is 29.0 Å². The summed E-state index contributed by atoms with van der Waals surface area (Å²) in [6.45, 7) is 1.16. The van der Waals surface area contributed by atoms with Crippen LogP contribution in [0, 0.1) is 11.8 Å². The Labute approximate surface area is 60.3 Å². The van der Waals surface area contributed by atoms with E-state index in [-0.39, 0.29) is 13.0 Å². The van der Waals surface area contributed by atoms with Gasteiger partial charge in [0.1, 0.15) is 12.2 Å². The molecule has 0 bridgehead atoms. The third-order valence-electron chi connectivity index (χ3n) is 0.850. The summed E-state index contributed by atoms with van der Waals surface area (Å²) in [5.74, 6) is 4.69. The number of hydrogen-bond donors (Lipinski definition) is 2. The van der Waals surface area contributed by atoms with Gasteiger partial charge in [0.2, 0.25) is 0 Å². The summed E-state index contributed by atoms with van der Waals surface area (Å²) in [5, 5.41) is 27.3. The molecule has 0 spiro atoms. The molecule has 1 radical (unpaired) electrons. The van der Waals surface area contributed by atoms with Gasteiger partial charge in [0.05, 0.1) is 6.61 Å². The number of hydrogen-bond acceptors (Lipinski definition) is 2. The summed E-state index contributed by atoms with van der Waals surface area (Å²) >= 11 is 0. The summed E-state index contributed by atoms with van der Waals surface area (Å²) in [7, 11) is 0. The van der Waals surface area contributed by atoms with E-state index in [0.717, 1.165) is 0 Å². The Morgan fingerprint density at radius 2 is 2.00 bits per heavy atom. The molecule has 0 amide bonds. The summed E-state index contributed by atoms with van der Waals surface area (Å²) in [6, 6.07) is 0. The first-order chi connectivity index (χ1) is 4.66. The first-order valence-electron chi connectivity index (χ1n) is 3.12. The number of aliphatic hydroxyl groups excluding tert-OH is 2. The standard InChI is InChI=1S/C7H11O3/c1-6(9)2-3-7(10)4-5-8/h6-7,9-10H,4-5H2,1H3. The van der Waals surface area contributed by atoms with E-state index in [1.54, 1.807) is 0 Å². The highest BCUT2D eigenvalue weighted by Gasteiger charge is 1.96. The van der Waals surface area contributed by atoms with Gasteiger partial charge < -0.3 is 10.2 Å². The fourth-order valence-corrected chi connectivity index (χ4v) is 0.401. The van der Waals surface area contributed by atoms with E-state index in [4.69, 9.17) is 10.2 Å². The lowest BCUT2D eigenvalue weighted by molar-refractivity contribution is 0.134. The molecule has 3 nitrogen and oxygen atoms in total. The third kappa shape index (κ3) is 5.57. The average molecular weight is 143 g/mol. The van der Waals surface area contributed by atoms with Crippen molar-refractivity contribution in [1.29, 1.82) is 0 Å². The first kappa shape index (κ1) is 9.44. The Morgan fingerprint density at radius 1 is 1.40 bits per heavy atom. The fourth-order valence-electron chi connectivity index (χ4n) is 0.401. The molecular formula is C7H11O3. The second-order valence-corrected chi connectivity index (χ2v) is 1.97. The van der Waals surface area contributed by atoms with Crippen molar-refractivity contribution in [3.05, 3.63) is 0 Å². The minimum atomic E-state index is -0.882. The van der Waals surface area contributed by atoms with Crippen LogP contribution in [0.2, 0.25) is 0 Å². The lowest BCUT2D eigenvalue weighted by Crippen LogP contribution is -2.06. The van der Waals surface area contributed by atoms with Gasteiger partial charge in [-0.25, -0.2) is 5.11 Å². The lowest BCUT2D eigenvalue weighted by Gasteiger charge is -1.96. The molecule has 0 aliphatic rings. The molecule has 0 saturated carbocycles. The molecule has 3 heteroatoms. The Morgan fingerprint density at radius 3 is 2.40 bits per heavy atom. The van der Waals surface area contributed by atoms with E-state index >= 15 is 0 Å². The van der Waals surface area contributed by atoms with Gasteiger partial charge in [-0.2, -0.15) is 0 Å². The maximum Gasteiger partial charge on any atom is 0.117 e. The van der Waals surface area contributed by atoms with Crippen LogP contribution in [0.25, 0.3) is 0 Å².